The number of nitrogens with zero attached hydrogens (tertiary/aromatic N) is 2. The molecule has 1 heterocycles. The molecular weight excluding hydrogens is 388 g/mol. The molecule has 0 amide bonds. The summed E-state index contributed by atoms with van der Waals surface area (Å²) in [4.78, 5) is 2.49. The van der Waals surface area contributed by atoms with Crippen molar-refractivity contribution in [3.05, 3.63) is 59.7 Å². The van der Waals surface area contributed by atoms with Crippen molar-refractivity contribution in [2.45, 2.75) is 17.9 Å². The molecule has 0 spiro atoms. The number of rotatable bonds is 7. The summed E-state index contributed by atoms with van der Waals surface area (Å²) < 4.78 is 28.9. The molecule has 1 aliphatic heterocycles. The fraction of sp³-hybridized carbons (Fsp3) is 0.409. The summed E-state index contributed by atoms with van der Waals surface area (Å²) in [6.45, 7) is 4.91. The van der Waals surface area contributed by atoms with Crippen LogP contribution in [0.2, 0.25) is 0 Å². The Hall–Kier alpha value is -2.40. The van der Waals surface area contributed by atoms with E-state index in [0.717, 1.165) is 18.7 Å². The Kier molecular flexibility index (Phi) is 6.58. The van der Waals surface area contributed by atoms with Gasteiger partial charge in [0.2, 0.25) is 0 Å². The topological polar surface area (TPSA) is 90.6 Å². The van der Waals surface area contributed by atoms with Crippen LogP contribution in [0, 0.1) is 23.2 Å². The Balaban J connectivity index is 1.53. The van der Waals surface area contributed by atoms with E-state index in [1.807, 2.05) is 6.07 Å². The molecule has 0 radical (unpaired) electrons. The SMILES string of the molecule is C[C@@H]1CN(C[C@@H](O)c2cccc(C#N)c2)C[C@H]1COc1ccc(S(C)(=O)=O)cc1. The highest BCUT2D eigenvalue weighted by molar-refractivity contribution is 7.90. The van der Waals surface area contributed by atoms with Crippen LogP contribution in [0.25, 0.3) is 0 Å². The van der Waals surface area contributed by atoms with Crippen LogP contribution in [0.15, 0.2) is 53.4 Å². The van der Waals surface area contributed by atoms with Gasteiger partial charge in [0, 0.05) is 31.8 Å². The Morgan fingerprint density at radius 3 is 2.62 bits per heavy atom. The van der Waals surface area contributed by atoms with Crippen molar-refractivity contribution in [2.24, 2.45) is 11.8 Å². The third kappa shape index (κ3) is 5.57. The number of β-amino-alcohol motifs (C(OH)–C–C–N with tert-alkyl or cyclic N) is 1. The molecular formula is C22H26N2O4S. The summed E-state index contributed by atoms with van der Waals surface area (Å²) in [7, 11) is -3.21. The first-order valence-electron chi connectivity index (χ1n) is 9.59. The lowest BCUT2D eigenvalue weighted by Gasteiger charge is -2.20. The molecule has 1 saturated heterocycles. The highest BCUT2D eigenvalue weighted by atomic mass is 32.2. The average Bonchev–Trinajstić information content (AvgIpc) is 3.05. The molecule has 0 aromatic heterocycles. The number of aliphatic hydroxyl groups is 1. The van der Waals surface area contributed by atoms with Crippen LogP contribution in [0.4, 0.5) is 0 Å². The maximum atomic E-state index is 11.5. The quantitative estimate of drug-likeness (QED) is 0.749. The van der Waals surface area contributed by atoms with Crippen molar-refractivity contribution >= 4 is 9.84 Å². The molecule has 2 aromatic carbocycles. The molecule has 1 aliphatic rings. The molecule has 1 N–H and O–H groups in total. The predicted octanol–water partition coefficient (Wildman–Crippen LogP) is 2.64. The van der Waals surface area contributed by atoms with Gasteiger partial charge in [-0.15, -0.1) is 0 Å². The monoisotopic (exact) mass is 414 g/mol. The lowest BCUT2D eigenvalue weighted by Crippen LogP contribution is -2.27. The normalized spacial score (nSPS) is 20.9. The largest absolute Gasteiger partial charge is 0.493 e. The lowest BCUT2D eigenvalue weighted by atomic mass is 9.99. The molecule has 0 unspecified atom stereocenters. The maximum absolute atomic E-state index is 11.5. The van der Waals surface area contributed by atoms with E-state index in [2.05, 4.69) is 17.9 Å². The van der Waals surface area contributed by atoms with E-state index in [1.165, 1.54) is 6.26 Å². The van der Waals surface area contributed by atoms with E-state index in [0.29, 0.717) is 36.3 Å². The number of hydrogen-bond acceptors (Lipinski definition) is 6. The Morgan fingerprint density at radius 1 is 1.24 bits per heavy atom. The van der Waals surface area contributed by atoms with Gasteiger partial charge in [0.05, 0.1) is 29.2 Å². The first-order chi connectivity index (χ1) is 13.8. The molecule has 0 saturated carbocycles. The van der Waals surface area contributed by atoms with Crippen LogP contribution in [-0.2, 0) is 9.84 Å². The molecule has 3 atom stereocenters. The number of sulfone groups is 1. The van der Waals surface area contributed by atoms with Gasteiger partial charge in [0.15, 0.2) is 9.84 Å². The molecule has 154 valence electrons. The second-order valence-corrected chi connectivity index (χ2v) is 9.78. The fourth-order valence-corrected chi connectivity index (χ4v) is 4.29. The summed E-state index contributed by atoms with van der Waals surface area (Å²) in [5.41, 5.74) is 1.30. The fourth-order valence-electron chi connectivity index (χ4n) is 3.66. The minimum Gasteiger partial charge on any atom is -0.493 e. The summed E-state index contributed by atoms with van der Waals surface area (Å²) in [5.74, 6) is 1.39. The van der Waals surface area contributed by atoms with Gasteiger partial charge in [-0.25, -0.2) is 8.42 Å². The smallest absolute Gasteiger partial charge is 0.175 e. The first kappa shape index (κ1) is 21.3. The highest BCUT2D eigenvalue weighted by Gasteiger charge is 2.31. The van der Waals surface area contributed by atoms with Crippen molar-refractivity contribution < 1.29 is 18.3 Å². The molecule has 0 bridgehead atoms. The molecule has 3 rings (SSSR count). The average molecular weight is 415 g/mol. The second kappa shape index (κ2) is 8.95. The number of nitriles is 1. The van der Waals surface area contributed by atoms with Crippen LogP contribution in [-0.4, -0.2) is 50.9 Å². The zero-order valence-corrected chi connectivity index (χ0v) is 17.5. The highest BCUT2D eigenvalue weighted by Crippen LogP contribution is 2.27. The van der Waals surface area contributed by atoms with Crippen LogP contribution in [0.5, 0.6) is 5.75 Å². The number of aliphatic hydroxyl groups excluding tert-OH is 1. The van der Waals surface area contributed by atoms with Gasteiger partial charge < -0.3 is 9.84 Å². The standard InChI is InChI=1S/C22H26N2O4S/c1-16-12-24(14-22(25)18-5-3-4-17(10-18)11-23)13-19(16)15-28-20-6-8-21(9-7-20)29(2,26)27/h3-10,16,19,22,25H,12-15H2,1-2H3/t16-,19+,22-/m1/s1. The summed E-state index contributed by atoms with van der Waals surface area (Å²) in [6, 6.07) is 15.7. The van der Waals surface area contributed by atoms with Crippen molar-refractivity contribution in [1.82, 2.24) is 4.90 Å². The van der Waals surface area contributed by atoms with E-state index in [9.17, 15) is 13.5 Å². The van der Waals surface area contributed by atoms with Gasteiger partial charge in [0.1, 0.15) is 5.75 Å². The van der Waals surface area contributed by atoms with Crippen LogP contribution >= 0.6 is 0 Å². The summed E-state index contributed by atoms with van der Waals surface area (Å²) in [5, 5.41) is 19.6. The third-order valence-corrected chi connectivity index (χ3v) is 6.52. The number of benzene rings is 2. The van der Waals surface area contributed by atoms with Crippen LogP contribution in [0.3, 0.4) is 0 Å². The van der Waals surface area contributed by atoms with E-state index in [-0.39, 0.29) is 4.90 Å². The zero-order chi connectivity index (χ0) is 21.0. The molecule has 0 aliphatic carbocycles. The molecule has 7 heteroatoms. The second-order valence-electron chi connectivity index (χ2n) is 7.76. The Labute approximate surface area is 172 Å². The third-order valence-electron chi connectivity index (χ3n) is 5.39. The van der Waals surface area contributed by atoms with Gasteiger partial charge in [-0.2, -0.15) is 5.26 Å². The molecule has 2 aromatic rings. The molecule has 29 heavy (non-hydrogen) atoms. The first-order valence-corrected chi connectivity index (χ1v) is 11.5. The zero-order valence-electron chi connectivity index (χ0n) is 16.7. The molecule has 6 nitrogen and oxygen atoms in total. The minimum absolute atomic E-state index is 0.278. The lowest BCUT2D eigenvalue weighted by molar-refractivity contribution is 0.121. The molecule has 1 fully saturated rings. The number of ether oxygens (including phenoxy) is 1. The van der Waals surface area contributed by atoms with Gasteiger partial charge in [-0.1, -0.05) is 19.1 Å². The summed E-state index contributed by atoms with van der Waals surface area (Å²) >= 11 is 0. The number of likely N-dealkylation sites (tertiary alicyclic amines) is 1. The van der Waals surface area contributed by atoms with E-state index in [1.54, 1.807) is 42.5 Å². The van der Waals surface area contributed by atoms with Crippen molar-refractivity contribution in [2.75, 3.05) is 32.5 Å². The minimum atomic E-state index is -3.21. The van der Waals surface area contributed by atoms with Crippen molar-refractivity contribution in [3.8, 4) is 11.8 Å². The van der Waals surface area contributed by atoms with E-state index >= 15 is 0 Å². The van der Waals surface area contributed by atoms with E-state index in [4.69, 9.17) is 10.00 Å². The maximum Gasteiger partial charge on any atom is 0.175 e. The number of hydrogen-bond donors (Lipinski definition) is 1. The van der Waals surface area contributed by atoms with Crippen LogP contribution in [0.1, 0.15) is 24.2 Å². The van der Waals surface area contributed by atoms with Gasteiger partial charge in [-0.05, 0) is 47.9 Å². The predicted molar refractivity (Wildman–Crippen MR) is 110 cm³/mol. The van der Waals surface area contributed by atoms with Gasteiger partial charge in [0.25, 0.3) is 0 Å². The van der Waals surface area contributed by atoms with E-state index < -0.39 is 15.9 Å². The summed E-state index contributed by atoms with van der Waals surface area (Å²) in [6.07, 6.45) is 0.543. The van der Waals surface area contributed by atoms with Crippen molar-refractivity contribution in [1.29, 1.82) is 5.26 Å². The van der Waals surface area contributed by atoms with Crippen molar-refractivity contribution in [3.63, 3.8) is 0 Å². The Bertz CT molecular complexity index is 983. The Morgan fingerprint density at radius 2 is 1.97 bits per heavy atom. The van der Waals surface area contributed by atoms with Gasteiger partial charge in [-0.3, -0.25) is 4.90 Å². The van der Waals surface area contributed by atoms with Crippen LogP contribution < -0.4 is 4.74 Å². The van der Waals surface area contributed by atoms with Gasteiger partial charge >= 0.3 is 0 Å².